The second-order valence-corrected chi connectivity index (χ2v) is 6.25. The number of aryl methyl sites for hydroxylation is 1. The van der Waals surface area contributed by atoms with E-state index in [9.17, 15) is 9.18 Å². The molecule has 1 aliphatic heterocycles. The summed E-state index contributed by atoms with van der Waals surface area (Å²) in [7, 11) is 0. The van der Waals surface area contributed by atoms with Gasteiger partial charge in [0.2, 0.25) is 0 Å². The van der Waals surface area contributed by atoms with Gasteiger partial charge in [-0.05, 0) is 31.0 Å². The van der Waals surface area contributed by atoms with Crippen molar-refractivity contribution in [3.63, 3.8) is 0 Å². The Morgan fingerprint density at radius 1 is 1.27 bits per heavy atom. The molecule has 5 nitrogen and oxygen atoms in total. The van der Waals surface area contributed by atoms with Crippen LogP contribution in [0.4, 0.5) is 4.39 Å². The van der Waals surface area contributed by atoms with E-state index in [1.54, 1.807) is 6.07 Å². The van der Waals surface area contributed by atoms with Crippen LogP contribution in [0.15, 0.2) is 22.7 Å². The maximum atomic E-state index is 13.3. The first kappa shape index (κ1) is 15.1. The van der Waals surface area contributed by atoms with Gasteiger partial charge in [0.15, 0.2) is 5.82 Å². The SMILES string of the molecule is O=C(NCc1nnc2n1CCCCC2)c1cc(F)cc(Br)c1. The Bertz CT molecular complexity index is 681. The van der Waals surface area contributed by atoms with Crippen molar-refractivity contribution in [2.24, 2.45) is 0 Å². The van der Waals surface area contributed by atoms with Crippen LogP contribution in [0.3, 0.4) is 0 Å². The van der Waals surface area contributed by atoms with Gasteiger partial charge < -0.3 is 9.88 Å². The fraction of sp³-hybridized carbons (Fsp3) is 0.400. The van der Waals surface area contributed by atoms with Crippen molar-refractivity contribution in [3.05, 3.63) is 45.7 Å². The summed E-state index contributed by atoms with van der Waals surface area (Å²) in [6, 6.07) is 4.11. The van der Waals surface area contributed by atoms with Gasteiger partial charge in [0.05, 0.1) is 6.54 Å². The van der Waals surface area contributed by atoms with E-state index in [0.29, 0.717) is 11.0 Å². The molecule has 0 radical (unpaired) electrons. The predicted molar refractivity (Wildman–Crippen MR) is 82.8 cm³/mol. The molecule has 116 valence electrons. The Hall–Kier alpha value is -1.76. The summed E-state index contributed by atoms with van der Waals surface area (Å²) >= 11 is 3.18. The second-order valence-electron chi connectivity index (χ2n) is 5.34. The predicted octanol–water partition coefficient (Wildman–Crippen LogP) is 2.84. The minimum atomic E-state index is -0.448. The molecule has 1 aromatic carbocycles. The molecule has 0 fully saturated rings. The monoisotopic (exact) mass is 366 g/mol. The molecule has 0 bridgehead atoms. The number of nitrogens with one attached hydrogen (secondary N) is 1. The second kappa shape index (κ2) is 6.56. The maximum Gasteiger partial charge on any atom is 0.251 e. The molecule has 0 spiro atoms. The fourth-order valence-corrected chi connectivity index (χ4v) is 3.09. The highest BCUT2D eigenvalue weighted by atomic mass is 79.9. The first-order valence-electron chi connectivity index (χ1n) is 7.29. The third-order valence-electron chi connectivity index (χ3n) is 3.72. The Labute approximate surface area is 136 Å². The number of nitrogens with zero attached hydrogens (tertiary/aromatic N) is 3. The van der Waals surface area contributed by atoms with E-state index in [1.807, 2.05) is 0 Å². The van der Waals surface area contributed by atoms with Gasteiger partial charge in [-0.25, -0.2) is 4.39 Å². The molecule has 3 rings (SSSR count). The lowest BCUT2D eigenvalue weighted by atomic mass is 10.2. The highest BCUT2D eigenvalue weighted by molar-refractivity contribution is 9.10. The zero-order valence-electron chi connectivity index (χ0n) is 12.0. The lowest BCUT2D eigenvalue weighted by molar-refractivity contribution is 0.0949. The summed E-state index contributed by atoms with van der Waals surface area (Å²) in [6.45, 7) is 1.18. The van der Waals surface area contributed by atoms with Gasteiger partial charge in [-0.15, -0.1) is 10.2 Å². The Kier molecular flexibility index (Phi) is 4.52. The topological polar surface area (TPSA) is 59.8 Å². The number of rotatable bonds is 3. The van der Waals surface area contributed by atoms with E-state index in [-0.39, 0.29) is 11.5 Å². The number of benzene rings is 1. The minimum absolute atomic E-state index is 0.280. The van der Waals surface area contributed by atoms with E-state index in [1.165, 1.54) is 18.6 Å². The molecule has 1 amide bonds. The van der Waals surface area contributed by atoms with Crippen molar-refractivity contribution < 1.29 is 9.18 Å². The van der Waals surface area contributed by atoms with Gasteiger partial charge in [0, 0.05) is 23.0 Å². The summed E-state index contributed by atoms with van der Waals surface area (Å²) < 4.78 is 15.9. The largest absolute Gasteiger partial charge is 0.345 e. The van der Waals surface area contributed by atoms with Crippen LogP contribution in [0.5, 0.6) is 0 Å². The quantitative estimate of drug-likeness (QED) is 0.908. The summed E-state index contributed by atoms with van der Waals surface area (Å²) in [5, 5.41) is 11.1. The average Bonchev–Trinajstić information content (AvgIpc) is 2.71. The third kappa shape index (κ3) is 3.35. The first-order chi connectivity index (χ1) is 10.6. The van der Waals surface area contributed by atoms with Gasteiger partial charge in [-0.1, -0.05) is 22.4 Å². The van der Waals surface area contributed by atoms with Crippen molar-refractivity contribution in [1.82, 2.24) is 20.1 Å². The van der Waals surface area contributed by atoms with E-state index >= 15 is 0 Å². The molecule has 0 atom stereocenters. The van der Waals surface area contributed by atoms with Gasteiger partial charge in [0.1, 0.15) is 11.6 Å². The molecule has 0 saturated carbocycles. The Morgan fingerprint density at radius 2 is 2.14 bits per heavy atom. The van der Waals surface area contributed by atoms with E-state index in [2.05, 4.69) is 36.0 Å². The van der Waals surface area contributed by atoms with Crippen LogP contribution in [0, 0.1) is 5.82 Å². The van der Waals surface area contributed by atoms with E-state index in [4.69, 9.17) is 0 Å². The fourth-order valence-electron chi connectivity index (χ4n) is 2.62. The van der Waals surface area contributed by atoms with Gasteiger partial charge in [-0.2, -0.15) is 0 Å². The molecule has 0 aliphatic carbocycles. The Balaban J connectivity index is 1.70. The van der Waals surface area contributed by atoms with Gasteiger partial charge >= 0.3 is 0 Å². The molecular weight excluding hydrogens is 351 g/mol. The lowest BCUT2D eigenvalue weighted by Crippen LogP contribution is -2.25. The molecule has 7 heteroatoms. The van der Waals surface area contributed by atoms with Crippen LogP contribution in [0.25, 0.3) is 0 Å². The van der Waals surface area contributed by atoms with E-state index < -0.39 is 5.82 Å². The molecule has 1 N–H and O–H groups in total. The highest BCUT2D eigenvalue weighted by Crippen LogP contribution is 2.16. The van der Waals surface area contributed by atoms with Crippen LogP contribution in [0.1, 0.15) is 41.3 Å². The molecule has 22 heavy (non-hydrogen) atoms. The molecule has 2 heterocycles. The summed E-state index contributed by atoms with van der Waals surface area (Å²) in [4.78, 5) is 12.1. The normalized spacial score (nSPS) is 14.3. The number of halogens is 2. The van der Waals surface area contributed by atoms with Crippen LogP contribution >= 0.6 is 15.9 Å². The van der Waals surface area contributed by atoms with Crippen molar-refractivity contribution in [3.8, 4) is 0 Å². The van der Waals surface area contributed by atoms with Crippen LogP contribution in [0.2, 0.25) is 0 Å². The molecule has 1 aromatic heterocycles. The van der Waals surface area contributed by atoms with Crippen molar-refractivity contribution in [1.29, 1.82) is 0 Å². The Morgan fingerprint density at radius 3 is 2.95 bits per heavy atom. The molecular formula is C15H16BrFN4O. The van der Waals surface area contributed by atoms with Crippen LogP contribution < -0.4 is 5.32 Å². The number of fused-ring (bicyclic) bond motifs is 1. The number of hydrogen-bond acceptors (Lipinski definition) is 3. The summed E-state index contributed by atoms with van der Waals surface area (Å²) in [6.07, 6.45) is 4.34. The summed E-state index contributed by atoms with van der Waals surface area (Å²) in [5.41, 5.74) is 0.280. The van der Waals surface area contributed by atoms with Gasteiger partial charge in [0.25, 0.3) is 5.91 Å². The number of aromatic nitrogens is 3. The lowest BCUT2D eigenvalue weighted by Gasteiger charge is -2.08. The number of hydrogen-bond donors (Lipinski definition) is 1. The third-order valence-corrected chi connectivity index (χ3v) is 4.18. The molecule has 2 aromatic rings. The minimum Gasteiger partial charge on any atom is -0.345 e. The standard InChI is InChI=1S/C15H16BrFN4O/c16-11-6-10(7-12(17)8-11)15(22)18-9-14-20-19-13-4-2-1-3-5-21(13)14/h6-8H,1-5,9H2,(H,18,22). The zero-order valence-corrected chi connectivity index (χ0v) is 13.6. The van der Waals surface area contributed by atoms with E-state index in [0.717, 1.165) is 37.5 Å². The maximum absolute atomic E-state index is 13.3. The highest BCUT2D eigenvalue weighted by Gasteiger charge is 2.15. The van der Waals surface area contributed by atoms with Crippen molar-refractivity contribution in [2.45, 2.75) is 38.8 Å². The number of amides is 1. The van der Waals surface area contributed by atoms with Crippen LogP contribution in [-0.2, 0) is 19.5 Å². The van der Waals surface area contributed by atoms with Gasteiger partial charge in [-0.3, -0.25) is 4.79 Å². The zero-order chi connectivity index (χ0) is 15.5. The first-order valence-corrected chi connectivity index (χ1v) is 8.08. The summed E-state index contributed by atoms with van der Waals surface area (Å²) in [5.74, 6) is 0.956. The number of carbonyl (C=O) groups excluding carboxylic acids is 1. The van der Waals surface area contributed by atoms with Crippen molar-refractivity contribution >= 4 is 21.8 Å². The van der Waals surface area contributed by atoms with Crippen LogP contribution in [-0.4, -0.2) is 20.7 Å². The smallest absolute Gasteiger partial charge is 0.251 e. The number of carbonyl (C=O) groups is 1. The van der Waals surface area contributed by atoms with Crippen molar-refractivity contribution in [2.75, 3.05) is 0 Å². The molecule has 0 unspecified atom stereocenters. The molecule has 1 aliphatic rings. The molecule has 0 saturated heterocycles. The average molecular weight is 367 g/mol.